The van der Waals surface area contributed by atoms with E-state index in [0.29, 0.717) is 39.1 Å². The van der Waals surface area contributed by atoms with Crippen LogP contribution < -0.4 is 0 Å². The molecule has 0 spiro atoms. The lowest BCUT2D eigenvalue weighted by atomic mass is 10.2. The van der Waals surface area contributed by atoms with Gasteiger partial charge in [-0.2, -0.15) is 0 Å². The molecule has 0 radical (unpaired) electrons. The van der Waals surface area contributed by atoms with Crippen molar-refractivity contribution >= 4 is 17.9 Å². The Hall–Kier alpha value is -1.79. The Bertz CT molecular complexity index is 390. The molecule has 106 valence electrons. The Labute approximate surface area is 111 Å². The number of carboxylic acid groups (broad SMARTS) is 1. The van der Waals surface area contributed by atoms with Crippen LogP contribution in [0.4, 0.5) is 4.79 Å². The number of urea groups is 1. The smallest absolute Gasteiger partial charge is 0.326 e. The number of carbonyl (C=O) groups is 3. The number of carbonyl (C=O) groups excluding carboxylic acids is 2. The molecule has 1 N–H and O–H groups in total. The topological polar surface area (TPSA) is 81.2 Å². The highest BCUT2D eigenvalue weighted by Gasteiger charge is 2.37. The number of amides is 3. The van der Waals surface area contributed by atoms with E-state index >= 15 is 0 Å². The third kappa shape index (κ3) is 2.80. The molecule has 0 unspecified atom stereocenters. The van der Waals surface area contributed by atoms with Gasteiger partial charge in [0.15, 0.2) is 0 Å². The molecule has 2 saturated heterocycles. The third-order valence-electron chi connectivity index (χ3n) is 3.78. The summed E-state index contributed by atoms with van der Waals surface area (Å²) < 4.78 is 0. The molecule has 2 aliphatic rings. The minimum absolute atomic E-state index is 0.0108. The summed E-state index contributed by atoms with van der Waals surface area (Å²) in [6.45, 7) is 4.00. The summed E-state index contributed by atoms with van der Waals surface area (Å²) >= 11 is 0. The molecular weight excluding hydrogens is 250 g/mol. The summed E-state index contributed by atoms with van der Waals surface area (Å²) in [7, 11) is 0. The van der Waals surface area contributed by atoms with Crippen LogP contribution in [0.1, 0.15) is 19.8 Å². The molecule has 7 nitrogen and oxygen atoms in total. The number of rotatable bonds is 1. The lowest BCUT2D eigenvalue weighted by molar-refractivity contribution is -0.141. The quantitative estimate of drug-likeness (QED) is 0.716. The van der Waals surface area contributed by atoms with Crippen LogP contribution in [0.15, 0.2) is 0 Å². The molecule has 0 saturated carbocycles. The minimum atomic E-state index is -0.937. The van der Waals surface area contributed by atoms with Gasteiger partial charge in [0, 0.05) is 39.6 Å². The monoisotopic (exact) mass is 269 g/mol. The number of piperazine rings is 1. The first-order valence-electron chi connectivity index (χ1n) is 6.54. The Kier molecular flexibility index (Phi) is 3.92. The molecule has 1 atom stereocenters. The van der Waals surface area contributed by atoms with Crippen molar-refractivity contribution in [2.45, 2.75) is 25.8 Å². The predicted molar refractivity (Wildman–Crippen MR) is 66.6 cm³/mol. The van der Waals surface area contributed by atoms with Gasteiger partial charge in [0.1, 0.15) is 6.04 Å². The van der Waals surface area contributed by atoms with Crippen LogP contribution in [0.25, 0.3) is 0 Å². The van der Waals surface area contributed by atoms with Crippen molar-refractivity contribution in [3.8, 4) is 0 Å². The van der Waals surface area contributed by atoms with E-state index in [1.54, 1.807) is 9.80 Å². The van der Waals surface area contributed by atoms with Gasteiger partial charge in [0.2, 0.25) is 5.91 Å². The second-order valence-corrected chi connectivity index (χ2v) is 4.97. The largest absolute Gasteiger partial charge is 0.480 e. The first-order chi connectivity index (χ1) is 9.00. The van der Waals surface area contributed by atoms with Crippen molar-refractivity contribution in [1.29, 1.82) is 0 Å². The van der Waals surface area contributed by atoms with E-state index in [9.17, 15) is 14.4 Å². The van der Waals surface area contributed by atoms with Gasteiger partial charge in [-0.15, -0.1) is 0 Å². The average Bonchev–Trinajstić information content (AvgIpc) is 2.87. The Balaban J connectivity index is 1.94. The fraction of sp³-hybridized carbons (Fsp3) is 0.750. The van der Waals surface area contributed by atoms with Gasteiger partial charge in [0.25, 0.3) is 0 Å². The van der Waals surface area contributed by atoms with Crippen molar-refractivity contribution in [3.05, 3.63) is 0 Å². The van der Waals surface area contributed by atoms with E-state index in [2.05, 4.69) is 0 Å². The van der Waals surface area contributed by atoms with Crippen molar-refractivity contribution in [1.82, 2.24) is 14.7 Å². The highest BCUT2D eigenvalue weighted by molar-refractivity contribution is 5.83. The molecule has 19 heavy (non-hydrogen) atoms. The van der Waals surface area contributed by atoms with Gasteiger partial charge < -0.3 is 19.8 Å². The molecular formula is C12H19N3O4. The molecule has 2 fully saturated rings. The maximum absolute atomic E-state index is 12.3. The summed E-state index contributed by atoms with van der Waals surface area (Å²) in [4.78, 5) is 39.3. The van der Waals surface area contributed by atoms with Gasteiger partial charge in [-0.1, -0.05) is 0 Å². The van der Waals surface area contributed by atoms with Crippen molar-refractivity contribution in [2.24, 2.45) is 0 Å². The van der Waals surface area contributed by atoms with Crippen LogP contribution in [0, 0.1) is 0 Å². The van der Waals surface area contributed by atoms with Crippen LogP contribution >= 0.6 is 0 Å². The zero-order valence-corrected chi connectivity index (χ0v) is 11.0. The third-order valence-corrected chi connectivity index (χ3v) is 3.78. The molecule has 0 aromatic carbocycles. The molecule has 0 aliphatic carbocycles. The Morgan fingerprint density at radius 2 is 1.58 bits per heavy atom. The maximum Gasteiger partial charge on any atom is 0.326 e. The lowest BCUT2D eigenvalue weighted by Crippen LogP contribution is -2.55. The lowest BCUT2D eigenvalue weighted by Gasteiger charge is -2.37. The highest BCUT2D eigenvalue weighted by Crippen LogP contribution is 2.20. The fourth-order valence-electron chi connectivity index (χ4n) is 2.65. The first kappa shape index (κ1) is 13.6. The van der Waals surface area contributed by atoms with Crippen molar-refractivity contribution in [3.63, 3.8) is 0 Å². The molecule has 0 aromatic heterocycles. The van der Waals surface area contributed by atoms with Gasteiger partial charge in [-0.25, -0.2) is 9.59 Å². The summed E-state index contributed by atoms with van der Waals surface area (Å²) in [6.07, 6.45) is 1.25. The molecule has 2 rings (SSSR count). The van der Waals surface area contributed by atoms with Gasteiger partial charge in [-0.3, -0.25) is 4.79 Å². The SMILES string of the molecule is CC(=O)N1CCN(C(=O)N2CCC[C@H]2C(=O)O)CC1. The predicted octanol–water partition coefficient (Wildman–Crippen LogP) is -0.180. The molecule has 2 heterocycles. The van der Waals surface area contributed by atoms with Crippen LogP contribution in [0.2, 0.25) is 0 Å². The first-order valence-corrected chi connectivity index (χ1v) is 6.54. The number of likely N-dealkylation sites (tertiary alicyclic amines) is 1. The molecule has 7 heteroatoms. The van der Waals surface area contributed by atoms with Crippen LogP contribution in [-0.2, 0) is 9.59 Å². The van der Waals surface area contributed by atoms with Gasteiger partial charge in [0.05, 0.1) is 0 Å². The molecule has 0 bridgehead atoms. The molecule has 3 amide bonds. The number of aliphatic carboxylic acids is 1. The van der Waals surface area contributed by atoms with E-state index in [1.807, 2.05) is 0 Å². The Morgan fingerprint density at radius 3 is 2.11 bits per heavy atom. The standard InChI is InChI=1S/C12H19N3O4/c1-9(16)13-5-7-14(8-6-13)12(19)15-4-2-3-10(15)11(17)18/h10H,2-8H2,1H3,(H,17,18)/t10-/m0/s1. The van der Waals surface area contributed by atoms with E-state index in [0.717, 1.165) is 6.42 Å². The number of hydrogen-bond donors (Lipinski definition) is 1. The fourth-order valence-corrected chi connectivity index (χ4v) is 2.65. The van der Waals surface area contributed by atoms with Crippen molar-refractivity contribution < 1.29 is 19.5 Å². The highest BCUT2D eigenvalue weighted by atomic mass is 16.4. The summed E-state index contributed by atoms with van der Waals surface area (Å²) in [5, 5.41) is 9.08. The minimum Gasteiger partial charge on any atom is -0.480 e. The second kappa shape index (κ2) is 5.46. The number of carboxylic acids is 1. The van der Waals surface area contributed by atoms with E-state index in [1.165, 1.54) is 11.8 Å². The molecule has 2 aliphatic heterocycles. The Morgan fingerprint density at radius 1 is 1.00 bits per heavy atom. The van der Waals surface area contributed by atoms with Crippen molar-refractivity contribution in [2.75, 3.05) is 32.7 Å². The normalized spacial score (nSPS) is 23.6. The van der Waals surface area contributed by atoms with Crippen LogP contribution in [-0.4, -0.2) is 76.5 Å². The van der Waals surface area contributed by atoms with Gasteiger partial charge in [-0.05, 0) is 12.8 Å². The number of nitrogens with zero attached hydrogens (tertiary/aromatic N) is 3. The summed E-state index contributed by atoms with van der Waals surface area (Å²) in [5.74, 6) is -0.926. The van der Waals surface area contributed by atoms with E-state index in [-0.39, 0.29) is 11.9 Å². The van der Waals surface area contributed by atoms with Gasteiger partial charge >= 0.3 is 12.0 Å². The second-order valence-electron chi connectivity index (χ2n) is 4.97. The summed E-state index contributed by atoms with van der Waals surface area (Å²) in [6, 6.07) is -0.911. The number of hydrogen-bond acceptors (Lipinski definition) is 3. The van der Waals surface area contributed by atoms with E-state index < -0.39 is 12.0 Å². The maximum atomic E-state index is 12.3. The zero-order valence-electron chi connectivity index (χ0n) is 11.0. The molecule has 0 aromatic rings. The summed E-state index contributed by atoms with van der Waals surface area (Å²) in [5.41, 5.74) is 0. The van der Waals surface area contributed by atoms with Crippen LogP contribution in [0.5, 0.6) is 0 Å². The van der Waals surface area contributed by atoms with Crippen LogP contribution in [0.3, 0.4) is 0 Å². The average molecular weight is 269 g/mol. The zero-order chi connectivity index (χ0) is 14.0. The van der Waals surface area contributed by atoms with E-state index in [4.69, 9.17) is 5.11 Å².